The number of likely N-dealkylation sites (N-methyl/N-ethyl adjacent to an activating group) is 1. The van der Waals surface area contributed by atoms with Gasteiger partial charge < -0.3 is 4.90 Å². The molecule has 1 aliphatic heterocycles. The van der Waals surface area contributed by atoms with Gasteiger partial charge in [0.15, 0.2) is 11.6 Å². The van der Waals surface area contributed by atoms with Gasteiger partial charge >= 0.3 is 0 Å². The molecule has 0 atom stereocenters. The molecule has 0 aromatic heterocycles. The van der Waals surface area contributed by atoms with Crippen LogP contribution in [0.15, 0.2) is 96.3 Å². The van der Waals surface area contributed by atoms with Crippen LogP contribution in [0.2, 0.25) is 0 Å². The van der Waals surface area contributed by atoms with Crippen LogP contribution in [-0.2, 0) is 5.41 Å². The number of hydrogen-bond acceptors (Lipinski definition) is 3. The van der Waals surface area contributed by atoms with E-state index >= 15 is 0 Å². The van der Waals surface area contributed by atoms with Crippen molar-refractivity contribution in [2.75, 3.05) is 11.9 Å². The summed E-state index contributed by atoms with van der Waals surface area (Å²) < 4.78 is 0. The van der Waals surface area contributed by atoms with Crippen molar-refractivity contribution in [3.05, 3.63) is 113 Å². The zero-order valence-electron chi connectivity index (χ0n) is 16.8. The maximum atomic E-state index is 12.4. The summed E-state index contributed by atoms with van der Waals surface area (Å²) in [6.07, 6.45) is 11.2. The van der Waals surface area contributed by atoms with E-state index in [1.165, 1.54) is 16.9 Å². The van der Waals surface area contributed by atoms with Gasteiger partial charge in [-0.1, -0.05) is 80.6 Å². The van der Waals surface area contributed by atoms with E-state index in [2.05, 4.69) is 56.1 Å². The molecule has 0 spiro atoms. The lowest BCUT2D eigenvalue weighted by molar-refractivity contribution is 0.0989. The molecule has 4 rings (SSSR count). The Labute approximate surface area is 171 Å². The molecule has 2 aromatic carbocycles. The second-order valence-electron chi connectivity index (χ2n) is 7.81. The van der Waals surface area contributed by atoms with Crippen LogP contribution in [0.1, 0.15) is 40.1 Å². The Morgan fingerprint density at radius 2 is 1.31 bits per heavy atom. The first-order chi connectivity index (χ1) is 13.9. The largest absolute Gasteiger partial charge is 0.347 e. The quantitative estimate of drug-likeness (QED) is 0.405. The fraction of sp³-hybridized carbons (Fsp3) is 0.154. The molecule has 3 heteroatoms. The molecular formula is C26H23NO2. The maximum absolute atomic E-state index is 12.4. The Balaban J connectivity index is 1.49. The fourth-order valence-electron chi connectivity index (χ4n) is 4.15. The van der Waals surface area contributed by atoms with E-state index in [0.29, 0.717) is 11.1 Å². The molecule has 2 aromatic rings. The highest BCUT2D eigenvalue weighted by Gasteiger charge is 2.37. The minimum Gasteiger partial charge on any atom is -0.347 e. The van der Waals surface area contributed by atoms with Gasteiger partial charge in [0.25, 0.3) is 0 Å². The number of ketones is 2. The molecule has 1 heterocycles. The standard InChI is InChI=1S/C26H23NO2/c1-26(2)21-15-10-11-16-22(21)27(3)23(26)17-7-5-4-6-14-20-24(28)18-12-8-9-13-19(18)25(20)29/h4-17H,1-3H3/b6-4-,7-5+,23-17+. The van der Waals surface area contributed by atoms with Crippen LogP contribution in [0.25, 0.3) is 0 Å². The zero-order valence-corrected chi connectivity index (χ0v) is 16.8. The molecule has 0 saturated heterocycles. The number of carbonyl (C=O) groups excluding carboxylic acids is 2. The molecule has 0 fully saturated rings. The average molecular weight is 381 g/mol. The number of hydrogen-bond donors (Lipinski definition) is 0. The van der Waals surface area contributed by atoms with Crippen LogP contribution in [-0.4, -0.2) is 18.6 Å². The lowest BCUT2D eigenvalue weighted by atomic mass is 9.84. The number of fused-ring (bicyclic) bond motifs is 2. The summed E-state index contributed by atoms with van der Waals surface area (Å²) in [6.45, 7) is 4.45. The number of para-hydroxylation sites is 1. The van der Waals surface area contributed by atoms with Crippen molar-refractivity contribution in [1.82, 2.24) is 0 Å². The fourth-order valence-corrected chi connectivity index (χ4v) is 4.15. The van der Waals surface area contributed by atoms with E-state index in [1.807, 2.05) is 18.2 Å². The summed E-state index contributed by atoms with van der Waals surface area (Å²) >= 11 is 0. The van der Waals surface area contributed by atoms with Gasteiger partial charge in [0.05, 0.1) is 5.57 Å². The molecule has 1 aliphatic carbocycles. The van der Waals surface area contributed by atoms with Crippen molar-refractivity contribution in [3.8, 4) is 0 Å². The molecule has 144 valence electrons. The average Bonchev–Trinajstić information content (AvgIpc) is 3.08. The highest BCUT2D eigenvalue weighted by atomic mass is 16.2. The van der Waals surface area contributed by atoms with Crippen molar-refractivity contribution in [1.29, 1.82) is 0 Å². The monoisotopic (exact) mass is 381 g/mol. The van der Waals surface area contributed by atoms with Crippen LogP contribution in [0.5, 0.6) is 0 Å². The molecule has 2 aliphatic rings. The van der Waals surface area contributed by atoms with Crippen molar-refractivity contribution >= 4 is 17.3 Å². The summed E-state index contributed by atoms with van der Waals surface area (Å²) in [5, 5.41) is 0. The Morgan fingerprint density at radius 3 is 1.93 bits per heavy atom. The molecular weight excluding hydrogens is 358 g/mol. The maximum Gasteiger partial charge on any atom is 0.197 e. The minimum atomic E-state index is -0.201. The van der Waals surface area contributed by atoms with E-state index in [-0.39, 0.29) is 22.6 Å². The third kappa shape index (κ3) is 3.09. The van der Waals surface area contributed by atoms with E-state index in [9.17, 15) is 9.59 Å². The molecule has 0 saturated carbocycles. The Kier molecular flexibility index (Phi) is 4.67. The van der Waals surface area contributed by atoms with Crippen molar-refractivity contribution in [2.45, 2.75) is 19.3 Å². The van der Waals surface area contributed by atoms with E-state index in [0.717, 1.165) is 0 Å². The molecule has 29 heavy (non-hydrogen) atoms. The van der Waals surface area contributed by atoms with Gasteiger partial charge in [-0.15, -0.1) is 0 Å². The second kappa shape index (κ2) is 7.17. The topological polar surface area (TPSA) is 37.4 Å². The molecule has 0 bridgehead atoms. The van der Waals surface area contributed by atoms with Gasteiger partial charge in [0, 0.05) is 35.0 Å². The Hall–Kier alpha value is -3.46. The molecule has 0 amide bonds. The highest BCUT2D eigenvalue weighted by molar-refractivity contribution is 6.39. The van der Waals surface area contributed by atoms with Gasteiger partial charge in [0.1, 0.15) is 0 Å². The van der Waals surface area contributed by atoms with Gasteiger partial charge in [0.2, 0.25) is 0 Å². The number of Topliss-reactive ketones (excluding diaryl/α,β-unsaturated/α-hetero) is 2. The number of anilines is 1. The summed E-state index contributed by atoms with van der Waals surface area (Å²) in [5.41, 5.74) is 4.91. The van der Waals surface area contributed by atoms with Crippen LogP contribution in [0.3, 0.4) is 0 Å². The van der Waals surface area contributed by atoms with E-state index in [1.54, 1.807) is 36.4 Å². The number of carbonyl (C=O) groups is 2. The number of nitrogens with zero attached hydrogens (tertiary/aromatic N) is 1. The predicted octanol–water partition coefficient (Wildman–Crippen LogP) is 5.42. The third-order valence-corrected chi connectivity index (χ3v) is 5.70. The lowest BCUT2D eigenvalue weighted by Crippen LogP contribution is -2.22. The summed E-state index contributed by atoms with van der Waals surface area (Å²) in [4.78, 5) is 26.9. The first kappa shape index (κ1) is 18.9. The summed E-state index contributed by atoms with van der Waals surface area (Å²) in [5.74, 6) is -0.401. The Bertz CT molecular complexity index is 1090. The van der Waals surface area contributed by atoms with Crippen LogP contribution in [0, 0.1) is 0 Å². The SMILES string of the molecule is CN1/C(=C/C=C/C=C\C=C2C(=O)c3ccccc3C2=O)C(C)(C)c2ccccc21. The first-order valence-corrected chi connectivity index (χ1v) is 9.70. The molecule has 0 unspecified atom stereocenters. The lowest BCUT2D eigenvalue weighted by Gasteiger charge is -2.23. The van der Waals surface area contributed by atoms with Crippen molar-refractivity contribution < 1.29 is 9.59 Å². The smallest absolute Gasteiger partial charge is 0.197 e. The summed E-state index contributed by atoms with van der Waals surface area (Å²) in [7, 11) is 2.09. The second-order valence-corrected chi connectivity index (χ2v) is 7.81. The number of benzene rings is 2. The van der Waals surface area contributed by atoms with Gasteiger partial charge in [-0.25, -0.2) is 0 Å². The summed E-state index contributed by atoms with van der Waals surface area (Å²) in [6, 6.07) is 15.4. The van der Waals surface area contributed by atoms with Gasteiger partial charge in [-0.2, -0.15) is 0 Å². The van der Waals surface area contributed by atoms with E-state index < -0.39 is 0 Å². The number of allylic oxidation sites excluding steroid dienone is 8. The Morgan fingerprint density at radius 1 is 0.759 bits per heavy atom. The van der Waals surface area contributed by atoms with Gasteiger partial charge in [-0.3, -0.25) is 9.59 Å². The van der Waals surface area contributed by atoms with Crippen LogP contribution < -0.4 is 4.90 Å². The molecule has 0 N–H and O–H groups in total. The third-order valence-electron chi connectivity index (χ3n) is 5.70. The van der Waals surface area contributed by atoms with Crippen LogP contribution in [0.4, 0.5) is 5.69 Å². The number of rotatable bonds is 3. The highest BCUT2D eigenvalue weighted by Crippen LogP contribution is 2.46. The zero-order chi connectivity index (χ0) is 20.6. The van der Waals surface area contributed by atoms with E-state index in [4.69, 9.17) is 0 Å². The minimum absolute atomic E-state index is 0.0597. The van der Waals surface area contributed by atoms with Crippen LogP contribution >= 0.6 is 0 Å². The molecule has 0 radical (unpaired) electrons. The normalized spacial score (nSPS) is 18.9. The molecule has 3 nitrogen and oxygen atoms in total. The van der Waals surface area contributed by atoms with Gasteiger partial charge in [-0.05, 0) is 23.8 Å². The first-order valence-electron chi connectivity index (χ1n) is 9.70. The predicted molar refractivity (Wildman–Crippen MR) is 117 cm³/mol. The van der Waals surface area contributed by atoms with Crippen molar-refractivity contribution in [3.63, 3.8) is 0 Å². The van der Waals surface area contributed by atoms with Crippen molar-refractivity contribution in [2.24, 2.45) is 0 Å².